The standard InChI is InChI=1S/C15H16N6O/c16-15(22)21-10-3-2-8-20(9-10)13-11(5-7-17-14(13)21)12-4-1-6-18-19-12/h1,4-7,10H,2-3,8-9H2,(H2,16,22). The van der Waals surface area contributed by atoms with Crippen LogP contribution >= 0.6 is 0 Å². The molecule has 1 fully saturated rings. The zero-order valence-electron chi connectivity index (χ0n) is 12.0. The molecule has 4 rings (SSSR count). The van der Waals surface area contributed by atoms with Gasteiger partial charge in [0, 0.05) is 31.0 Å². The Balaban J connectivity index is 1.93. The summed E-state index contributed by atoms with van der Waals surface area (Å²) in [5.74, 6) is 0.631. The summed E-state index contributed by atoms with van der Waals surface area (Å²) in [6.07, 6.45) is 5.32. The van der Waals surface area contributed by atoms with E-state index >= 15 is 0 Å². The first-order chi connectivity index (χ1) is 10.8. The highest BCUT2D eigenvalue weighted by Gasteiger charge is 2.38. The number of pyridine rings is 1. The molecule has 2 aliphatic heterocycles. The molecule has 0 radical (unpaired) electrons. The third kappa shape index (κ3) is 1.89. The summed E-state index contributed by atoms with van der Waals surface area (Å²) >= 11 is 0. The molecule has 1 atom stereocenters. The summed E-state index contributed by atoms with van der Waals surface area (Å²) in [5, 5.41) is 8.14. The molecule has 2 N–H and O–H groups in total. The van der Waals surface area contributed by atoms with Crippen LogP contribution in [0.1, 0.15) is 12.8 Å². The molecule has 22 heavy (non-hydrogen) atoms. The van der Waals surface area contributed by atoms with Crippen molar-refractivity contribution >= 4 is 17.5 Å². The highest BCUT2D eigenvalue weighted by molar-refractivity contribution is 5.98. The molecule has 0 aromatic carbocycles. The molecule has 0 saturated carbocycles. The second kappa shape index (κ2) is 4.94. The van der Waals surface area contributed by atoms with Crippen molar-refractivity contribution in [3.8, 4) is 11.3 Å². The van der Waals surface area contributed by atoms with Crippen LogP contribution in [0.15, 0.2) is 30.6 Å². The summed E-state index contributed by atoms with van der Waals surface area (Å²) in [4.78, 5) is 20.3. The van der Waals surface area contributed by atoms with E-state index in [2.05, 4.69) is 20.1 Å². The Bertz CT molecular complexity index is 719. The lowest BCUT2D eigenvalue weighted by molar-refractivity contribution is 0.249. The van der Waals surface area contributed by atoms with E-state index < -0.39 is 6.03 Å². The number of aromatic nitrogens is 3. The van der Waals surface area contributed by atoms with Crippen molar-refractivity contribution in [3.63, 3.8) is 0 Å². The predicted octanol–water partition coefficient (Wildman–Crippen LogP) is 1.41. The van der Waals surface area contributed by atoms with Gasteiger partial charge in [-0.05, 0) is 31.0 Å². The summed E-state index contributed by atoms with van der Waals surface area (Å²) in [7, 11) is 0. The van der Waals surface area contributed by atoms with Crippen molar-refractivity contribution in [2.24, 2.45) is 5.73 Å². The van der Waals surface area contributed by atoms with E-state index in [1.165, 1.54) is 0 Å². The molecule has 4 heterocycles. The van der Waals surface area contributed by atoms with Crippen molar-refractivity contribution in [3.05, 3.63) is 30.6 Å². The lowest BCUT2D eigenvalue weighted by Gasteiger charge is -2.45. The van der Waals surface area contributed by atoms with Gasteiger partial charge in [-0.2, -0.15) is 10.2 Å². The second-order valence-electron chi connectivity index (χ2n) is 5.59. The Morgan fingerprint density at radius 2 is 2.23 bits per heavy atom. The van der Waals surface area contributed by atoms with Gasteiger partial charge in [0.25, 0.3) is 0 Å². The van der Waals surface area contributed by atoms with Gasteiger partial charge in [-0.3, -0.25) is 4.90 Å². The summed E-state index contributed by atoms with van der Waals surface area (Å²) in [6.45, 7) is 1.74. The fraction of sp³-hybridized carbons (Fsp3) is 0.333. The van der Waals surface area contributed by atoms with E-state index in [9.17, 15) is 4.79 Å². The first kappa shape index (κ1) is 13.0. The summed E-state index contributed by atoms with van der Waals surface area (Å²) in [5.41, 5.74) is 8.24. The Labute approximate surface area is 127 Å². The number of rotatable bonds is 1. The number of anilines is 2. The number of hydrogen-bond donors (Lipinski definition) is 1. The number of fused-ring (bicyclic) bond motifs is 4. The average Bonchev–Trinajstić information content (AvgIpc) is 2.55. The van der Waals surface area contributed by atoms with Crippen molar-refractivity contribution in [1.29, 1.82) is 0 Å². The van der Waals surface area contributed by atoms with E-state index in [4.69, 9.17) is 5.73 Å². The van der Waals surface area contributed by atoms with E-state index in [-0.39, 0.29) is 6.04 Å². The SMILES string of the molecule is NC(=O)N1c2nccc(-c3cccnn3)c2N2CCCC1C2. The van der Waals surface area contributed by atoms with Crippen LogP contribution in [0, 0.1) is 0 Å². The third-order valence-electron chi connectivity index (χ3n) is 4.30. The fourth-order valence-corrected chi connectivity index (χ4v) is 3.41. The third-order valence-corrected chi connectivity index (χ3v) is 4.30. The van der Waals surface area contributed by atoms with Crippen molar-refractivity contribution in [2.45, 2.75) is 18.9 Å². The van der Waals surface area contributed by atoms with Gasteiger partial charge in [-0.1, -0.05) is 0 Å². The molecular formula is C15H16N6O. The number of amides is 2. The topological polar surface area (TPSA) is 88.2 Å². The minimum atomic E-state index is -0.448. The monoisotopic (exact) mass is 296 g/mol. The number of piperidine rings is 1. The average molecular weight is 296 g/mol. The van der Waals surface area contributed by atoms with Crippen molar-refractivity contribution < 1.29 is 4.79 Å². The molecule has 112 valence electrons. The first-order valence-electron chi connectivity index (χ1n) is 7.36. The maximum Gasteiger partial charge on any atom is 0.320 e. The molecule has 1 unspecified atom stereocenters. The smallest absolute Gasteiger partial charge is 0.320 e. The quantitative estimate of drug-likeness (QED) is 0.859. The number of carbonyl (C=O) groups is 1. The van der Waals surface area contributed by atoms with E-state index in [0.29, 0.717) is 5.82 Å². The van der Waals surface area contributed by atoms with E-state index in [1.807, 2.05) is 18.2 Å². The first-order valence-corrected chi connectivity index (χ1v) is 7.36. The van der Waals surface area contributed by atoms with Gasteiger partial charge in [0.1, 0.15) is 0 Å². The molecular weight excluding hydrogens is 280 g/mol. The largest absolute Gasteiger partial charge is 0.366 e. The molecule has 2 bridgehead atoms. The zero-order valence-corrected chi connectivity index (χ0v) is 12.0. The van der Waals surface area contributed by atoms with Crippen LogP contribution in [0.5, 0.6) is 0 Å². The van der Waals surface area contributed by atoms with E-state index in [0.717, 1.165) is 42.9 Å². The molecule has 0 aliphatic carbocycles. The van der Waals surface area contributed by atoms with E-state index in [1.54, 1.807) is 17.3 Å². The van der Waals surface area contributed by atoms with Crippen LogP contribution in [-0.2, 0) is 0 Å². The highest BCUT2D eigenvalue weighted by Crippen LogP contribution is 2.43. The summed E-state index contributed by atoms with van der Waals surface area (Å²) < 4.78 is 0. The van der Waals surface area contributed by atoms with Gasteiger partial charge in [-0.15, -0.1) is 0 Å². The van der Waals surface area contributed by atoms with Gasteiger partial charge in [0.05, 0.1) is 17.4 Å². The highest BCUT2D eigenvalue weighted by atomic mass is 16.2. The molecule has 2 aromatic heterocycles. The minimum absolute atomic E-state index is 0.100. The number of primary amides is 1. The Kier molecular flexibility index (Phi) is 2.92. The lowest BCUT2D eigenvalue weighted by atomic mass is 9.97. The molecule has 2 amide bonds. The van der Waals surface area contributed by atoms with Crippen LogP contribution in [0.2, 0.25) is 0 Å². The van der Waals surface area contributed by atoms with Gasteiger partial charge in [-0.25, -0.2) is 9.78 Å². The molecule has 0 spiro atoms. The van der Waals surface area contributed by atoms with Crippen LogP contribution in [0.25, 0.3) is 11.3 Å². The minimum Gasteiger partial charge on any atom is -0.366 e. The normalized spacial score (nSPS) is 19.7. The molecule has 2 aromatic rings. The van der Waals surface area contributed by atoms with Crippen LogP contribution in [0.3, 0.4) is 0 Å². The maximum atomic E-state index is 11.9. The zero-order chi connectivity index (χ0) is 15.1. The Hall–Kier alpha value is -2.70. The van der Waals surface area contributed by atoms with Crippen LogP contribution < -0.4 is 15.5 Å². The molecule has 7 nitrogen and oxygen atoms in total. The lowest BCUT2D eigenvalue weighted by Crippen LogP contribution is -2.56. The Morgan fingerprint density at radius 1 is 1.32 bits per heavy atom. The number of hydrogen-bond acceptors (Lipinski definition) is 5. The number of nitrogens with zero attached hydrogens (tertiary/aromatic N) is 5. The van der Waals surface area contributed by atoms with Crippen molar-refractivity contribution in [2.75, 3.05) is 22.9 Å². The van der Waals surface area contributed by atoms with Crippen LogP contribution in [-0.4, -0.2) is 40.3 Å². The number of carbonyl (C=O) groups excluding carboxylic acids is 1. The second-order valence-corrected chi connectivity index (χ2v) is 5.59. The predicted molar refractivity (Wildman–Crippen MR) is 82.6 cm³/mol. The number of urea groups is 1. The fourth-order valence-electron chi connectivity index (χ4n) is 3.41. The van der Waals surface area contributed by atoms with Crippen molar-refractivity contribution in [1.82, 2.24) is 15.2 Å². The van der Waals surface area contributed by atoms with Gasteiger partial charge >= 0.3 is 6.03 Å². The molecule has 1 saturated heterocycles. The maximum absolute atomic E-state index is 11.9. The summed E-state index contributed by atoms with van der Waals surface area (Å²) in [6, 6.07) is 5.33. The number of nitrogens with two attached hydrogens (primary N) is 1. The van der Waals surface area contributed by atoms with Gasteiger partial charge in [0.15, 0.2) is 5.82 Å². The molecule has 2 aliphatic rings. The molecule has 7 heteroatoms. The van der Waals surface area contributed by atoms with Crippen LogP contribution in [0.4, 0.5) is 16.3 Å². The van der Waals surface area contributed by atoms with Gasteiger partial charge < -0.3 is 10.6 Å². The van der Waals surface area contributed by atoms with Gasteiger partial charge in [0.2, 0.25) is 0 Å². The Morgan fingerprint density at radius 3 is 3.00 bits per heavy atom.